The largest absolute Gasteiger partial charge is 0.296 e. The predicted octanol–water partition coefficient (Wildman–Crippen LogP) is 2.65. The molecule has 2 heterocycles. The number of carbonyl (C=O) groups excluding carboxylic acids is 2. The summed E-state index contributed by atoms with van der Waals surface area (Å²) in [5, 5.41) is 4.98. The molecule has 0 bridgehead atoms. The molecule has 2 aromatic rings. The molecule has 7 heteroatoms. The van der Waals surface area contributed by atoms with Crippen LogP contribution in [0.3, 0.4) is 0 Å². The number of ketones is 1. The third-order valence-electron chi connectivity index (χ3n) is 2.05. The van der Waals surface area contributed by atoms with E-state index in [1.165, 1.54) is 30.5 Å². The first-order valence-corrected chi connectivity index (χ1v) is 6.21. The summed E-state index contributed by atoms with van der Waals surface area (Å²) in [6.07, 6.45) is 1.39. The van der Waals surface area contributed by atoms with Crippen LogP contribution in [0, 0.1) is 0 Å². The van der Waals surface area contributed by atoms with Crippen LogP contribution in [0.25, 0.3) is 0 Å². The molecule has 0 aliphatic heterocycles. The molecule has 0 aromatic carbocycles. The Hall–Kier alpha value is -1.79. The van der Waals surface area contributed by atoms with Gasteiger partial charge in [0.2, 0.25) is 0 Å². The average Bonchev–Trinajstić information content (AvgIpc) is 2.78. The second kappa shape index (κ2) is 5.24. The molecule has 92 valence electrons. The Labute approximate surface area is 112 Å². The molecule has 0 aliphatic rings. The first-order chi connectivity index (χ1) is 8.56. The van der Waals surface area contributed by atoms with Crippen LogP contribution in [0.5, 0.6) is 0 Å². The summed E-state index contributed by atoms with van der Waals surface area (Å²) in [5.41, 5.74) is 0.568. The number of nitrogens with zero attached hydrogens (tertiary/aromatic N) is 2. The topological polar surface area (TPSA) is 72.0 Å². The number of halogens is 1. The van der Waals surface area contributed by atoms with Gasteiger partial charge in [0.1, 0.15) is 11.4 Å². The Balaban J connectivity index is 2.11. The number of amides is 1. The maximum atomic E-state index is 11.8. The van der Waals surface area contributed by atoms with Gasteiger partial charge in [0.25, 0.3) is 5.91 Å². The molecule has 0 fully saturated rings. The van der Waals surface area contributed by atoms with E-state index in [0.717, 1.165) is 0 Å². The number of aromatic nitrogens is 2. The average molecular weight is 282 g/mol. The minimum absolute atomic E-state index is 0.142. The summed E-state index contributed by atoms with van der Waals surface area (Å²) in [6.45, 7) is 1.42. The summed E-state index contributed by atoms with van der Waals surface area (Å²) < 4.78 is 0. The quantitative estimate of drug-likeness (QED) is 0.878. The van der Waals surface area contributed by atoms with Gasteiger partial charge in [0.05, 0.1) is 5.02 Å². The Morgan fingerprint density at radius 2 is 2.11 bits per heavy atom. The van der Waals surface area contributed by atoms with Gasteiger partial charge in [-0.25, -0.2) is 9.97 Å². The Kier molecular flexibility index (Phi) is 3.69. The zero-order chi connectivity index (χ0) is 13.1. The molecule has 5 nitrogen and oxygen atoms in total. The fourth-order valence-corrected chi connectivity index (χ4v) is 2.02. The van der Waals surface area contributed by atoms with Gasteiger partial charge in [-0.1, -0.05) is 11.6 Å². The molecule has 0 saturated carbocycles. The highest BCUT2D eigenvalue weighted by atomic mass is 35.5. The number of hydrogen-bond donors (Lipinski definition) is 1. The van der Waals surface area contributed by atoms with Crippen molar-refractivity contribution >= 4 is 39.8 Å². The number of thiazole rings is 1. The van der Waals surface area contributed by atoms with Crippen LogP contribution in [0.15, 0.2) is 23.7 Å². The van der Waals surface area contributed by atoms with Crippen LogP contribution in [0.4, 0.5) is 5.13 Å². The van der Waals surface area contributed by atoms with Crippen LogP contribution < -0.4 is 5.32 Å². The van der Waals surface area contributed by atoms with Crippen LogP contribution in [0.1, 0.15) is 27.9 Å². The molecule has 0 aliphatic carbocycles. The number of anilines is 1. The fourth-order valence-electron chi connectivity index (χ4n) is 1.16. The summed E-state index contributed by atoms with van der Waals surface area (Å²) >= 11 is 6.86. The first-order valence-electron chi connectivity index (χ1n) is 4.95. The van der Waals surface area contributed by atoms with Crippen molar-refractivity contribution in [1.29, 1.82) is 0 Å². The maximum Gasteiger partial charge on any atom is 0.276 e. The van der Waals surface area contributed by atoms with Crippen molar-refractivity contribution in [2.75, 3.05) is 5.32 Å². The van der Waals surface area contributed by atoms with Crippen LogP contribution >= 0.6 is 22.9 Å². The summed E-state index contributed by atoms with van der Waals surface area (Å²) in [7, 11) is 0. The van der Waals surface area contributed by atoms with Gasteiger partial charge in [0, 0.05) is 18.5 Å². The third-order valence-corrected chi connectivity index (χ3v) is 3.03. The lowest BCUT2D eigenvalue weighted by atomic mass is 10.3. The van der Waals surface area contributed by atoms with Crippen molar-refractivity contribution < 1.29 is 9.59 Å². The van der Waals surface area contributed by atoms with E-state index in [4.69, 9.17) is 11.6 Å². The van der Waals surface area contributed by atoms with Crippen molar-refractivity contribution in [3.8, 4) is 0 Å². The second-order valence-electron chi connectivity index (χ2n) is 3.41. The van der Waals surface area contributed by atoms with Gasteiger partial charge >= 0.3 is 0 Å². The van der Waals surface area contributed by atoms with Crippen molar-refractivity contribution in [3.05, 3.63) is 40.1 Å². The van der Waals surface area contributed by atoms with Crippen molar-refractivity contribution in [2.24, 2.45) is 0 Å². The van der Waals surface area contributed by atoms with E-state index in [1.54, 1.807) is 11.4 Å². The zero-order valence-electron chi connectivity index (χ0n) is 9.31. The number of nitrogens with one attached hydrogen (secondary N) is 1. The summed E-state index contributed by atoms with van der Waals surface area (Å²) in [6, 6.07) is 3.09. The number of hydrogen-bond acceptors (Lipinski definition) is 5. The van der Waals surface area contributed by atoms with E-state index in [2.05, 4.69) is 15.3 Å². The Bertz CT molecular complexity index is 595. The Morgan fingerprint density at radius 3 is 2.67 bits per heavy atom. The molecule has 2 rings (SSSR count). The SMILES string of the molecule is CC(=O)c1csc(NC(=O)c2ccc(Cl)cn2)n1. The molecular formula is C11H8ClN3O2S. The summed E-state index contributed by atoms with van der Waals surface area (Å²) in [4.78, 5) is 30.7. The monoisotopic (exact) mass is 281 g/mol. The smallest absolute Gasteiger partial charge is 0.276 e. The lowest BCUT2D eigenvalue weighted by Gasteiger charge is -2.00. The lowest BCUT2D eigenvalue weighted by molar-refractivity contribution is 0.100. The van der Waals surface area contributed by atoms with Gasteiger partial charge < -0.3 is 0 Å². The highest BCUT2D eigenvalue weighted by Crippen LogP contribution is 2.16. The van der Waals surface area contributed by atoms with E-state index >= 15 is 0 Å². The minimum Gasteiger partial charge on any atom is -0.296 e. The lowest BCUT2D eigenvalue weighted by Crippen LogP contribution is -2.13. The van der Waals surface area contributed by atoms with E-state index in [1.807, 2.05) is 0 Å². The van der Waals surface area contributed by atoms with E-state index in [0.29, 0.717) is 15.8 Å². The van der Waals surface area contributed by atoms with Gasteiger partial charge in [0.15, 0.2) is 10.9 Å². The molecule has 1 N–H and O–H groups in total. The van der Waals surface area contributed by atoms with Crippen molar-refractivity contribution in [2.45, 2.75) is 6.92 Å². The van der Waals surface area contributed by atoms with Crippen molar-refractivity contribution in [3.63, 3.8) is 0 Å². The van der Waals surface area contributed by atoms with Crippen LogP contribution in [-0.4, -0.2) is 21.7 Å². The predicted molar refractivity (Wildman–Crippen MR) is 69.3 cm³/mol. The second-order valence-corrected chi connectivity index (χ2v) is 4.70. The van der Waals surface area contributed by atoms with Gasteiger partial charge in [-0.05, 0) is 12.1 Å². The molecule has 18 heavy (non-hydrogen) atoms. The van der Waals surface area contributed by atoms with Gasteiger partial charge in [-0.15, -0.1) is 11.3 Å². The van der Waals surface area contributed by atoms with Crippen LogP contribution in [0.2, 0.25) is 5.02 Å². The highest BCUT2D eigenvalue weighted by molar-refractivity contribution is 7.14. The Morgan fingerprint density at radius 1 is 1.33 bits per heavy atom. The first kappa shape index (κ1) is 12.7. The standard InChI is InChI=1S/C11H8ClN3O2S/c1-6(16)9-5-18-11(14-9)15-10(17)8-3-2-7(12)4-13-8/h2-5H,1H3,(H,14,15,17). The third kappa shape index (κ3) is 2.91. The molecule has 0 unspecified atom stereocenters. The molecule has 0 spiro atoms. The molecule has 2 aromatic heterocycles. The minimum atomic E-state index is -0.392. The van der Waals surface area contributed by atoms with Crippen LogP contribution in [-0.2, 0) is 0 Å². The molecule has 0 saturated heterocycles. The molecular weight excluding hydrogens is 274 g/mol. The number of Topliss-reactive ketones (excluding diaryl/α,β-unsaturated/α-hetero) is 1. The van der Waals surface area contributed by atoms with Gasteiger partial charge in [-0.2, -0.15) is 0 Å². The summed E-state index contributed by atoms with van der Waals surface area (Å²) in [5.74, 6) is -0.535. The van der Waals surface area contributed by atoms with E-state index in [-0.39, 0.29) is 11.5 Å². The highest BCUT2D eigenvalue weighted by Gasteiger charge is 2.11. The zero-order valence-corrected chi connectivity index (χ0v) is 10.9. The number of rotatable bonds is 3. The maximum absolute atomic E-state index is 11.8. The number of carbonyl (C=O) groups is 2. The van der Waals surface area contributed by atoms with E-state index in [9.17, 15) is 9.59 Å². The van der Waals surface area contributed by atoms with Gasteiger partial charge in [-0.3, -0.25) is 14.9 Å². The number of pyridine rings is 1. The molecule has 1 amide bonds. The normalized spacial score (nSPS) is 10.1. The van der Waals surface area contributed by atoms with Crippen molar-refractivity contribution in [1.82, 2.24) is 9.97 Å². The van der Waals surface area contributed by atoms with E-state index < -0.39 is 5.91 Å². The molecule has 0 atom stereocenters. The fraction of sp³-hybridized carbons (Fsp3) is 0.0909. The molecule has 0 radical (unpaired) electrons.